The van der Waals surface area contributed by atoms with Crippen molar-refractivity contribution in [3.8, 4) is 5.75 Å². The first-order valence-electron chi connectivity index (χ1n) is 7.76. The average molecular weight is 414 g/mol. The van der Waals surface area contributed by atoms with Gasteiger partial charge in [0.2, 0.25) is 10.0 Å². The van der Waals surface area contributed by atoms with Crippen molar-refractivity contribution in [3.63, 3.8) is 0 Å². The number of halogens is 2. The average Bonchev–Trinajstić information content (AvgIpc) is 2.61. The molecule has 0 radical (unpaired) electrons. The Morgan fingerprint density at radius 3 is 2.43 bits per heavy atom. The Morgan fingerprint density at radius 1 is 1.11 bits per heavy atom. The quantitative estimate of drug-likeness (QED) is 0.669. The van der Waals surface area contributed by atoms with Gasteiger partial charge in [0, 0.05) is 5.69 Å². The topological polar surface area (TPSA) is 125 Å². The standard InChI is InChI=1S/C17H16F2N2O6S/c1-10(15(22)21-11-5-4-6-12(9-11)28(20,24)25)26-16(23)13-7-2-3-8-14(13)27-17(18)19/h2-10,17H,1H3,(H,21,22)(H2,20,24,25)/t10-/m1/s1. The maximum Gasteiger partial charge on any atom is 0.387 e. The Balaban J connectivity index is 2.08. The van der Waals surface area contributed by atoms with Crippen LogP contribution in [0.3, 0.4) is 0 Å². The first kappa shape index (κ1) is 21.3. The molecule has 8 nitrogen and oxygen atoms in total. The van der Waals surface area contributed by atoms with Crippen LogP contribution in [0.1, 0.15) is 17.3 Å². The number of alkyl halides is 2. The van der Waals surface area contributed by atoms with Gasteiger partial charge < -0.3 is 14.8 Å². The Bertz CT molecular complexity index is 981. The molecule has 2 aromatic rings. The molecule has 0 saturated heterocycles. The lowest BCUT2D eigenvalue weighted by atomic mass is 10.2. The Morgan fingerprint density at radius 2 is 1.79 bits per heavy atom. The van der Waals surface area contributed by atoms with Crippen LogP contribution in [0.15, 0.2) is 53.4 Å². The molecule has 0 aromatic heterocycles. The smallest absolute Gasteiger partial charge is 0.387 e. The Hall–Kier alpha value is -3.05. The third-order valence-electron chi connectivity index (χ3n) is 3.41. The second-order valence-corrected chi connectivity index (χ2v) is 7.05. The van der Waals surface area contributed by atoms with Gasteiger partial charge in [-0.1, -0.05) is 18.2 Å². The number of carbonyl (C=O) groups excluding carboxylic acids is 2. The van der Waals surface area contributed by atoms with Crippen molar-refractivity contribution < 1.29 is 36.3 Å². The molecule has 1 amide bonds. The highest BCUT2D eigenvalue weighted by Crippen LogP contribution is 2.22. The molecule has 0 aliphatic heterocycles. The highest BCUT2D eigenvalue weighted by atomic mass is 32.2. The van der Waals surface area contributed by atoms with Crippen molar-refractivity contribution in [1.82, 2.24) is 0 Å². The Kier molecular flexibility index (Phi) is 6.65. The number of para-hydroxylation sites is 1. The molecule has 0 spiro atoms. The molecule has 2 aromatic carbocycles. The molecule has 0 bridgehead atoms. The number of hydrogen-bond acceptors (Lipinski definition) is 6. The minimum absolute atomic E-state index is 0.112. The zero-order valence-electron chi connectivity index (χ0n) is 14.5. The molecule has 11 heteroatoms. The van der Waals surface area contributed by atoms with Gasteiger partial charge in [0.05, 0.1) is 4.90 Å². The van der Waals surface area contributed by atoms with Gasteiger partial charge in [0.1, 0.15) is 11.3 Å². The highest BCUT2D eigenvalue weighted by molar-refractivity contribution is 7.89. The van der Waals surface area contributed by atoms with E-state index < -0.39 is 40.4 Å². The molecular weight excluding hydrogens is 398 g/mol. The molecule has 0 aliphatic rings. The third-order valence-corrected chi connectivity index (χ3v) is 4.32. The summed E-state index contributed by atoms with van der Waals surface area (Å²) in [4.78, 5) is 24.1. The van der Waals surface area contributed by atoms with Crippen LogP contribution in [-0.2, 0) is 19.6 Å². The summed E-state index contributed by atoms with van der Waals surface area (Å²) < 4.78 is 56.8. The summed E-state index contributed by atoms with van der Waals surface area (Å²) in [6.07, 6.45) is -1.31. The minimum Gasteiger partial charge on any atom is -0.449 e. The number of benzene rings is 2. The second-order valence-electron chi connectivity index (χ2n) is 5.48. The van der Waals surface area contributed by atoms with Crippen molar-refractivity contribution >= 4 is 27.6 Å². The lowest BCUT2D eigenvalue weighted by Crippen LogP contribution is -2.30. The summed E-state index contributed by atoms with van der Waals surface area (Å²) in [5, 5.41) is 7.39. The van der Waals surface area contributed by atoms with Gasteiger partial charge in [-0.05, 0) is 37.3 Å². The summed E-state index contributed by atoms with van der Waals surface area (Å²) in [7, 11) is -3.96. The van der Waals surface area contributed by atoms with E-state index in [1.54, 1.807) is 0 Å². The first-order chi connectivity index (χ1) is 13.1. The number of nitrogens with two attached hydrogens (primary N) is 1. The number of sulfonamides is 1. The fraction of sp³-hybridized carbons (Fsp3) is 0.176. The van der Waals surface area contributed by atoms with E-state index in [9.17, 15) is 26.8 Å². The van der Waals surface area contributed by atoms with E-state index in [0.717, 1.165) is 12.1 Å². The van der Waals surface area contributed by atoms with E-state index in [1.807, 2.05) is 0 Å². The van der Waals surface area contributed by atoms with Crippen LogP contribution in [0.25, 0.3) is 0 Å². The summed E-state index contributed by atoms with van der Waals surface area (Å²) in [5.41, 5.74) is -0.167. The number of esters is 1. The van der Waals surface area contributed by atoms with E-state index in [1.165, 1.54) is 43.3 Å². The fourth-order valence-corrected chi connectivity index (χ4v) is 2.67. The monoisotopic (exact) mass is 414 g/mol. The predicted octanol–water partition coefficient (Wildman–Crippen LogP) is 2.12. The van der Waals surface area contributed by atoms with Gasteiger partial charge in [-0.25, -0.2) is 18.4 Å². The number of hydrogen-bond donors (Lipinski definition) is 2. The number of amides is 1. The largest absolute Gasteiger partial charge is 0.449 e. The normalized spacial score (nSPS) is 12.3. The van der Waals surface area contributed by atoms with Gasteiger partial charge in [0.25, 0.3) is 5.91 Å². The molecule has 0 saturated carbocycles. The minimum atomic E-state index is -3.96. The fourth-order valence-electron chi connectivity index (χ4n) is 2.11. The van der Waals surface area contributed by atoms with Gasteiger partial charge in [-0.2, -0.15) is 8.78 Å². The number of carbonyl (C=O) groups is 2. The molecule has 28 heavy (non-hydrogen) atoms. The van der Waals surface area contributed by atoms with E-state index in [0.29, 0.717) is 0 Å². The van der Waals surface area contributed by atoms with Crippen LogP contribution < -0.4 is 15.2 Å². The first-order valence-corrected chi connectivity index (χ1v) is 9.31. The molecule has 0 aliphatic carbocycles. The number of primary sulfonamides is 1. The van der Waals surface area contributed by atoms with E-state index >= 15 is 0 Å². The molecule has 150 valence electrons. The second kappa shape index (κ2) is 8.76. The van der Waals surface area contributed by atoms with Crippen LogP contribution in [0, 0.1) is 0 Å². The summed E-state index contributed by atoms with van der Waals surface area (Å²) in [5.74, 6) is -2.21. The zero-order chi connectivity index (χ0) is 20.9. The number of ether oxygens (including phenoxy) is 2. The van der Waals surface area contributed by atoms with Gasteiger partial charge in [-0.15, -0.1) is 0 Å². The van der Waals surface area contributed by atoms with Crippen LogP contribution in [0.4, 0.5) is 14.5 Å². The van der Waals surface area contributed by atoms with Crippen LogP contribution in [0.5, 0.6) is 5.75 Å². The Labute approximate surface area is 159 Å². The van der Waals surface area contributed by atoms with Crippen molar-refractivity contribution in [2.75, 3.05) is 5.32 Å². The molecule has 3 N–H and O–H groups in total. The van der Waals surface area contributed by atoms with Crippen molar-refractivity contribution in [2.24, 2.45) is 5.14 Å². The van der Waals surface area contributed by atoms with Gasteiger partial charge in [-0.3, -0.25) is 4.79 Å². The van der Waals surface area contributed by atoms with Crippen LogP contribution in [0.2, 0.25) is 0 Å². The lowest BCUT2D eigenvalue weighted by molar-refractivity contribution is -0.123. The summed E-state index contributed by atoms with van der Waals surface area (Å²) in [6, 6.07) is 10.3. The number of nitrogens with one attached hydrogen (secondary N) is 1. The van der Waals surface area contributed by atoms with E-state index in [-0.39, 0.29) is 16.1 Å². The maximum atomic E-state index is 12.4. The molecule has 1 atom stereocenters. The molecule has 2 rings (SSSR count). The van der Waals surface area contributed by atoms with Crippen LogP contribution >= 0.6 is 0 Å². The molecule has 0 heterocycles. The maximum absolute atomic E-state index is 12.4. The van der Waals surface area contributed by atoms with Crippen molar-refractivity contribution in [2.45, 2.75) is 24.5 Å². The predicted molar refractivity (Wildman–Crippen MR) is 94.4 cm³/mol. The molecule has 0 fully saturated rings. The zero-order valence-corrected chi connectivity index (χ0v) is 15.3. The lowest BCUT2D eigenvalue weighted by Gasteiger charge is -2.15. The van der Waals surface area contributed by atoms with E-state index in [2.05, 4.69) is 10.1 Å². The van der Waals surface area contributed by atoms with Gasteiger partial charge >= 0.3 is 12.6 Å². The van der Waals surface area contributed by atoms with E-state index in [4.69, 9.17) is 9.88 Å². The number of rotatable bonds is 7. The highest BCUT2D eigenvalue weighted by Gasteiger charge is 2.22. The molecule has 0 unspecified atom stereocenters. The summed E-state index contributed by atoms with van der Waals surface area (Å²) >= 11 is 0. The van der Waals surface area contributed by atoms with Crippen molar-refractivity contribution in [1.29, 1.82) is 0 Å². The van der Waals surface area contributed by atoms with Gasteiger partial charge in [0.15, 0.2) is 6.10 Å². The summed E-state index contributed by atoms with van der Waals surface area (Å²) in [6.45, 7) is -1.88. The van der Waals surface area contributed by atoms with Crippen molar-refractivity contribution in [3.05, 3.63) is 54.1 Å². The SMILES string of the molecule is C[C@@H](OC(=O)c1ccccc1OC(F)F)C(=O)Nc1cccc(S(N)(=O)=O)c1. The molecular formula is C17H16F2N2O6S. The number of anilines is 1. The third kappa shape index (κ3) is 5.72. The van der Waals surface area contributed by atoms with Crippen LogP contribution in [-0.4, -0.2) is 33.0 Å².